The lowest BCUT2D eigenvalue weighted by atomic mass is 10.1. The van der Waals surface area contributed by atoms with Gasteiger partial charge in [-0.2, -0.15) is 0 Å². The number of amides is 2. The minimum atomic E-state index is -0.367. The predicted octanol–water partition coefficient (Wildman–Crippen LogP) is 3.11. The summed E-state index contributed by atoms with van der Waals surface area (Å²) in [6.07, 6.45) is 0. The molecule has 0 aliphatic rings. The highest BCUT2D eigenvalue weighted by Crippen LogP contribution is 2.19. The van der Waals surface area contributed by atoms with Crippen molar-refractivity contribution in [3.8, 4) is 28.9 Å². The van der Waals surface area contributed by atoms with Crippen molar-refractivity contribution in [2.75, 3.05) is 18.5 Å². The first-order valence-corrected chi connectivity index (χ1v) is 8.88. The van der Waals surface area contributed by atoms with Crippen molar-refractivity contribution in [2.45, 2.75) is 6.92 Å². The Hall–Kier alpha value is -4.05. The van der Waals surface area contributed by atoms with E-state index in [2.05, 4.69) is 27.6 Å². The van der Waals surface area contributed by atoms with Crippen molar-refractivity contribution in [1.29, 1.82) is 0 Å². The molecule has 2 N–H and O–H groups in total. The summed E-state index contributed by atoms with van der Waals surface area (Å²) in [4.78, 5) is 23.2. The van der Waals surface area contributed by atoms with Crippen LogP contribution in [0.2, 0.25) is 0 Å². The Morgan fingerprint density at radius 2 is 1.90 bits per heavy atom. The Labute approximate surface area is 168 Å². The number of carbonyl (C=O) groups excluding carboxylic acids is 2. The number of rotatable bonds is 6. The van der Waals surface area contributed by atoms with Gasteiger partial charge in [0.1, 0.15) is 12.4 Å². The Balaban J connectivity index is 1.44. The molecule has 0 atom stereocenters. The number of aromatic nitrogens is 1. The average Bonchev–Trinajstić information content (AvgIpc) is 3.21. The van der Waals surface area contributed by atoms with Gasteiger partial charge in [0.25, 0.3) is 5.91 Å². The minimum absolute atomic E-state index is 0.152. The molecule has 1 aromatic heterocycles. The van der Waals surface area contributed by atoms with Gasteiger partial charge in [-0.25, -0.2) is 0 Å². The summed E-state index contributed by atoms with van der Waals surface area (Å²) in [5, 5.41) is 9.12. The Bertz CT molecular complexity index is 1050. The molecule has 7 nitrogen and oxygen atoms in total. The number of carbonyl (C=O) groups is 2. The molecule has 3 rings (SSSR count). The van der Waals surface area contributed by atoms with Crippen molar-refractivity contribution >= 4 is 17.5 Å². The molecule has 2 aromatic carbocycles. The molecule has 1 heterocycles. The molecule has 0 radical (unpaired) electrons. The van der Waals surface area contributed by atoms with E-state index in [-0.39, 0.29) is 30.7 Å². The second-order valence-electron chi connectivity index (χ2n) is 5.98. The zero-order valence-electron chi connectivity index (χ0n) is 15.8. The fourth-order valence-corrected chi connectivity index (χ4v) is 2.44. The van der Waals surface area contributed by atoms with Crippen LogP contribution < -0.4 is 15.4 Å². The van der Waals surface area contributed by atoms with Crippen LogP contribution in [0.15, 0.2) is 65.2 Å². The van der Waals surface area contributed by atoms with Gasteiger partial charge in [-0.15, -0.1) is 0 Å². The maximum atomic E-state index is 12.1. The Morgan fingerprint density at radius 1 is 1.07 bits per heavy atom. The zero-order valence-corrected chi connectivity index (χ0v) is 15.8. The van der Waals surface area contributed by atoms with Crippen molar-refractivity contribution in [2.24, 2.45) is 0 Å². The second-order valence-corrected chi connectivity index (χ2v) is 5.98. The summed E-state index contributed by atoms with van der Waals surface area (Å²) < 4.78 is 10.7. The zero-order chi connectivity index (χ0) is 20.5. The van der Waals surface area contributed by atoms with Crippen LogP contribution in [0.3, 0.4) is 0 Å². The molecule has 7 heteroatoms. The Kier molecular flexibility index (Phi) is 6.63. The number of nitrogens with zero attached hydrogens (tertiary/aromatic N) is 1. The van der Waals surface area contributed by atoms with Crippen LogP contribution in [0.5, 0.6) is 5.75 Å². The summed E-state index contributed by atoms with van der Waals surface area (Å²) >= 11 is 0. The van der Waals surface area contributed by atoms with Gasteiger partial charge in [-0.05, 0) is 12.1 Å². The van der Waals surface area contributed by atoms with E-state index in [9.17, 15) is 9.59 Å². The summed E-state index contributed by atoms with van der Waals surface area (Å²) in [7, 11) is 0. The quantitative estimate of drug-likeness (QED) is 0.632. The van der Waals surface area contributed by atoms with Gasteiger partial charge < -0.3 is 19.9 Å². The largest absolute Gasteiger partial charge is 0.481 e. The van der Waals surface area contributed by atoms with E-state index in [0.717, 1.165) is 5.56 Å². The van der Waals surface area contributed by atoms with Gasteiger partial charge in [0.15, 0.2) is 11.5 Å². The van der Waals surface area contributed by atoms with Gasteiger partial charge >= 0.3 is 0 Å². The third-order valence-electron chi connectivity index (χ3n) is 3.73. The average molecular weight is 389 g/mol. The molecule has 0 spiro atoms. The van der Waals surface area contributed by atoms with Crippen molar-refractivity contribution in [1.82, 2.24) is 10.5 Å². The third kappa shape index (κ3) is 5.97. The first-order valence-electron chi connectivity index (χ1n) is 8.88. The fraction of sp³-hybridized carbons (Fsp3) is 0.136. The van der Waals surface area contributed by atoms with Gasteiger partial charge in [0.2, 0.25) is 5.91 Å². The predicted molar refractivity (Wildman–Crippen MR) is 108 cm³/mol. The fourth-order valence-electron chi connectivity index (χ4n) is 2.44. The summed E-state index contributed by atoms with van der Waals surface area (Å²) in [5.74, 6) is 6.22. The molecular weight excluding hydrogens is 370 g/mol. The van der Waals surface area contributed by atoms with Gasteiger partial charge in [0, 0.05) is 30.3 Å². The van der Waals surface area contributed by atoms with E-state index in [1.807, 2.05) is 30.3 Å². The highest BCUT2D eigenvalue weighted by Gasteiger charge is 2.12. The van der Waals surface area contributed by atoms with Crippen LogP contribution in [0.4, 0.5) is 5.69 Å². The lowest BCUT2D eigenvalue weighted by Crippen LogP contribution is -2.23. The molecule has 146 valence electrons. The number of benzene rings is 2. The maximum absolute atomic E-state index is 12.1. The highest BCUT2D eigenvalue weighted by molar-refractivity contribution is 5.93. The van der Waals surface area contributed by atoms with E-state index in [1.165, 1.54) is 6.92 Å². The smallest absolute Gasteiger partial charge is 0.274 e. The van der Waals surface area contributed by atoms with Crippen molar-refractivity contribution in [3.05, 3.63) is 66.4 Å². The number of ether oxygens (including phenoxy) is 1. The van der Waals surface area contributed by atoms with Crippen LogP contribution in [0.1, 0.15) is 17.4 Å². The van der Waals surface area contributed by atoms with Gasteiger partial charge in [-0.3, -0.25) is 9.59 Å². The van der Waals surface area contributed by atoms with Crippen LogP contribution in [0.25, 0.3) is 11.3 Å². The first-order chi connectivity index (χ1) is 14.1. The molecule has 0 saturated carbocycles. The standard InChI is InChI=1S/C22H19N3O4/c1-16(26)24-18-10-7-11-19(14-18)28-13-6-5-12-23-22(27)20-15-21(29-25-20)17-8-3-2-4-9-17/h2-4,7-11,14-15H,12-13H2,1H3,(H,23,27)(H,24,26). The molecule has 0 aliphatic carbocycles. The minimum Gasteiger partial charge on any atom is -0.481 e. The molecule has 0 fully saturated rings. The number of anilines is 1. The molecule has 0 unspecified atom stereocenters. The number of hydrogen-bond donors (Lipinski definition) is 2. The van der Waals surface area contributed by atoms with Crippen molar-refractivity contribution < 1.29 is 18.8 Å². The van der Waals surface area contributed by atoms with E-state index in [4.69, 9.17) is 9.26 Å². The maximum Gasteiger partial charge on any atom is 0.274 e. The number of hydrogen-bond acceptors (Lipinski definition) is 5. The summed E-state index contributed by atoms with van der Waals surface area (Å²) in [6.45, 7) is 1.75. The molecule has 3 aromatic rings. The monoisotopic (exact) mass is 389 g/mol. The second kappa shape index (κ2) is 9.76. The molecule has 0 saturated heterocycles. The van der Waals surface area contributed by atoms with Crippen LogP contribution in [-0.2, 0) is 4.79 Å². The van der Waals surface area contributed by atoms with E-state index < -0.39 is 0 Å². The normalized spacial score (nSPS) is 9.83. The Morgan fingerprint density at radius 3 is 2.69 bits per heavy atom. The molecule has 29 heavy (non-hydrogen) atoms. The summed E-state index contributed by atoms with van der Waals surface area (Å²) in [6, 6.07) is 18.0. The third-order valence-corrected chi connectivity index (χ3v) is 3.73. The van der Waals surface area contributed by atoms with Gasteiger partial charge in [-0.1, -0.05) is 53.4 Å². The molecular formula is C22H19N3O4. The molecule has 0 bridgehead atoms. The summed E-state index contributed by atoms with van der Waals surface area (Å²) in [5.41, 5.74) is 1.69. The lowest BCUT2D eigenvalue weighted by molar-refractivity contribution is -0.114. The van der Waals surface area contributed by atoms with E-state index in [0.29, 0.717) is 17.2 Å². The molecule has 0 aliphatic heterocycles. The van der Waals surface area contributed by atoms with Crippen LogP contribution in [-0.4, -0.2) is 30.1 Å². The number of nitrogens with one attached hydrogen (secondary N) is 2. The van der Waals surface area contributed by atoms with Crippen molar-refractivity contribution in [3.63, 3.8) is 0 Å². The lowest BCUT2D eigenvalue weighted by Gasteiger charge is -2.05. The molecule has 2 amide bonds. The highest BCUT2D eigenvalue weighted by atomic mass is 16.5. The van der Waals surface area contributed by atoms with Gasteiger partial charge in [0.05, 0.1) is 6.54 Å². The topological polar surface area (TPSA) is 93.5 Å². The van der Waals surface area contributed by atoms with E-state index in [1.54, 1.807) is 30.3 Å². The van der Waals surface area contributed by atoms with E-state index >= 15 is 0 Å². The first kappa shape index (κ1) is 19.7. The van der Waals surface area contributed by atoms with Crippen LogP contribution in [0, 0.1) is 11.8 Å². The SMILES string of the molecule is CC(=O)Nc1cccc(OCC#CCNC(=O)c2cc(-c3ccccc3)on2)c1. The van der Waals surface area contributed by atoms with Crippen LogP contribution >= 0.6 is 0 Å².